The second kappa shape index (κ2) is 6.91. The van der Waals surface area contributed by atoms with Crippen molar-refractivity contribution in [3.63, 3.8) is 0 Å². The van der Waals surface area contributed by atoms with Crippen LogP contribution in [-0.4, -0.2) is 5.11 Å². The van der Waals surface area contributed by atoms with Crippen molar-refractivity contribution in [2.45, 2.75) is 19.1 Å². The van der Waals surface area contributed by atoms with Gasteiger partial charge in [0.15, 0.2) is 0 Å². The molecule has 0 saturated carbocycles. The smallest absolute Gasteiger partial charge is 0.144 e. The predicted octanol–water partition coefficient (Wildman–Crippen LogP) is 5.93. The first-order valence-corrected chi connectivity index (χ1v) is 9.98. The lowest BCUT2D eigenvalue weighted by molar-refractivity contribution is 0.124. The zero-order valence-electron chi connectivity index (χ0n) is 16.4. The summed E-state index contributed by atoms with van der Waals surface area (Å²) >= 11 is 0. The lowest BCUT2D eigenvalue weighted by Crippen LogP contribution is -2.37. The summed E-state index contributed by atoms with van der Waals surface area (Å²) in [5, 5.41) is 12.2. The second-order valence-electron chi connectivity index (χ2n) is 7.68. The van der Waals surface area contributed by atoms with Crippen LogP contribution >= 0.6 is 0 Å². The maximum absolute atomic E-state index is 12.2. The van der Waals surface area contributed by atoms with E-state index in [1.807, 2.05) is 54.6 Å². The minimum Gasteiger partial charge on any atom is -0.376 e. The van der Waals surface area contributed by atoms with Crippen LogP contribution in [0, 0.1) is 6.92 Å². The highest BCUT2D eigenvalue weighted by atomic mass is 16.3. The third-order valence-corrected chi connectivity index (χ3v) is 5.82. The summed E-state index contributed by atoms with van der Waals surface area (Å²) in [6.07, 6.45) is 0. The van der Waals surface area contributed by atoms with E-state index >= 15 is 0 Å². The van der Waals surface area contributed by atoms with Crippen LogP contribution in [0.2, 0.25) is 0 Å². The van der Waals surface area contributed by atoms with Gasteiger partial charge >= 0.3 is 0 Å². The van der Waals surface area contributed by atoms with E-state index in [1.165, 1.54) is 11.1 Å². The van der Waals surface area contributed by atoms with Crippen molar-refractivity contribution in [3.8, 4) is 0 Å². The van der Waals surface area contributed by atoms with Gasteiger partial charge in [-0.3, -0.25) is 0 Å². The first-order valence-electron chi connectivity index (χ1n) is 9.98. The van der Waals surface area contributed by atoms with Crippen LogP contribution in [0.1, 0.15) is 27.8 Å². The lowest BCUT2D eigenvalue weighted by atomic mass is 9.76. The van der Waals surface area contributed by atoms with E-state index in [1.54, 1.807) is 0 Å². The summed E-state index contributed by atoms with van der Waals surface area (Å²) in [5.41, 5.74) is 6.03. The SMILES string of the molecule is Cc1ccc(C2(O)c3ccccc3N(Cc3ccccc3)c3ccccc32)cc1. The second-order valence-corrected chi connectivity index (χ2v) is 7.68. The number of rotatable bonds is 3. The molecule has 0 spiro atoms. The van der Waals surface area contributed by atoms with Gasteiger partial charge in [0.25, 0.3) is 0 Å². The van der Waals surface area contributed by atoms with Gasteiger partial charge in [0.1, 0.15) is 5.60 Å². The van der Waals surface area contributed by atoms with Crippen LogP contribution in [0.15, 0.2) is 103 Å². The number of aryl methyl sites for hydroxylation is 1. The molecule has 0 aromatic heterocycles. The molecule has 0 bridgehead atoms. The highest BCUT2D eigenvalue weighted by Gasteiger charge is 2.42. The fraction of sp³-hybridized carbons (Fsp3) is 0.111. The Kier molecular flexibility index (Phi) is 4.22. The Morgan fingerprint density at radius 2 is 1.17 bits per heavy atom. The molecule has 5 rings (SSSR count). The highest BCUT2D eigenvalue weighted by molar-refractivity contribution is 5.79. The molecule has 0 saturated heterocycles. The summed E-state index contributed by atoms with van der Waals surface area (Å²) in [4.78, 5) is 2.31. The van der Waals surface area contributed by atoms with Gasteiger partial charge in [0.05, 0.1) is 0 Å². The zero-order valence-corrected chi connectivity index (χ0v) is 16.4. The van der Waals surface area contributed by atoms with Crippen molar-refractivity contribution < 1.29 is 5.11 Å². The van der Waals surface area contributed by atoms with E-state index in [9.17, 15) is 5.11 Å². The standard InChI is InChI=1S/C27H23NO/c1-20-15-17-22(18-16-20)27(29)23-11-5-7-13-25(23)28(19-21-9-3-2-4-10-21)26-14-8-6-12-24(26)27/h2-18,29H,19H2,1H3. The van der Waals surface area contributed by atoms with Crippen molar-refractivity contribution in [2.24, 2.45) is 0 Å². The Labute approximate surface area is 171 Å². The summed E-state index contributed by atoms with van der Waals surface area (Å²) in [7, 11) is 0. The van der Waals surface area contributed by atoms with Gasteiger partial charge in [-0.1, -0.05) is 96.6 Å². The quantitative estimate of drug-likeness (QED) is 0.478. The van der Waals surface area contributed by atoms with Crippen molar-refractivity contribution in [1.29, 1.82) is 0 Å². The Morgan fingerprint density at radius 1 is 0.655 bits per heavy atom. The Balaban J connectivity index is 1.74. The maximum atomic E-state index is 12.2. The molecule has 1 heterocycles. The number of hydrogen-bond acceptors (Lipinski definition) is 2. The third-order valence-electron chi connectivity index (χ3n) is 5.82. The number of nitrogens with zero attached hydrogens (tertiary/aromatic N) is 1. The van der Waals surface area contributed by atoms with Crippen LogP contribution in [0.4, 0.5) is 11.4 Å². The fourth-order valence-electron chi connectivity index (χ4n) is 4.35. The number of hydrogen-bond donors (Lipinski definition) is 1. The molecule has 0 amide bonds. The Bertz CT molecular complexity index is 1100. The van der Waals surface area contributed by atoms with Crippen molar-refractivity contribution in [2.75, 3.05) is 4.90 Å². The summed E-state index contributed by atoms with van der Waals surface area (Å²) in [5.74, 6) is 0. The number of fused-ring (bicyclic) bond motifs is 2. The third kappa shape index (κ3) is 2.84. The molecule has 1 N–H and O–H groups in total. The topological polar surface area (TPSA) is 23.5 Å². The fourth-order valence-corrected chi connectivity index (χ4v) is 4.35. The lowest BCUT2D eigenvalue weighted by Gasteiger charge is -2.43. The molecule has 0 radical (unpaired) electrons. The Hall–Kier alpha value is -3.36. The van der Waals surface area contributed by atoms with Gasteiger partial charge in [-0.15, -0.1) is 0 Å². The van der Waals surface area contributed by atoms with Gasteiger partial charge in [0.2, 0.25) is 0 Å². The van der Waals surface area contributed by atoms with Crippen LogP contribution in [0.25, 0.3) is 0 Å². The van der Waals surface area contributed by atoms with E-state index in [0.29, 0.717) is 0 Å². The predicted molar refractivity (Wildman–Crippen MR) is 118 cm³/mol. The average Bonchev–Trinajstić information content (AvgIpc) is 2.78. The maximum Gasteiger partial charge on any atom is 0.144 e. The first kappa shape index (κ1) is 17.7. The summed E-state index contributed by atoms with van der Waals surface area (Å²) in [6.45, 7) is 2.82. The van der Waals surface area contributed by atoms with E-state index in [4.69, 9.17) is 0 Å². The summed E-state index contributed by atoms with van der Waals surface area (Å²) in [6, 6.07) is 35.1. The van der Waals surface area contributed by atoms with E-state index in [0.717, 1.165) is 34.6 Å². The summed E-state index contributed by atoms with van der Waals surface area (Å²) < 4.78 is 0. The molecule has 142 valence electrons. The highest BCUT2D eigenvalue weighted by Crippen LogP contribution is 2.51. The number of anilines is 2. The molecule has 4 aromatic carbocycles. The van der Waals surface area contributed by atoms with Crippen molar-refractivity contribution in [1.82, 2.24) is 0 Å². The zero-order chi connectivity index (χ0) is 19.8. The molecular weight excluding hydrogens is 354 g/mol. The van der Waals surface area contributed by atoms with E-state index in [-0.39, 0.29) is 0 Å². The largest absolute Gasteiger partial charge is 0.376 e. The van der Waals surface area contributed by atoms with Crippen molar-refractivity contribution >= 4 is 11.4 Å². The van der Waals surface area contributed by atoms with Gasteiger partial charge in [-0.05, 0) is 30.2 Å². The van der Waals surface area contributed by atoms with Crippen LogP contribution < -0.4 is 4.90 Å². The average molecular weight is 377 g/mol. The van der Waals surface area contributed by atoms with Gasteiger partial charge < -0.3 is 10.0 Å². The van der Waals surface area contributed by atoms with Crippen LogP contribution in [0.5, 0.6) is 0 Å². The molecular formula is C27H23NO. The van der Waals surface area contributed by atoms with Gasteiger partial charge in [-0.25, -0.2) is 0 Å². The first-order chi connectivity index (χ1) is 14.2. The molecule has 2 nitrogen and oxygen atoms in total. The molecule has 0 aliphatic carbocycles. The van der Waals surface area contributed by atoms with E-state index in [2.05, 4.69) is 60.4 Å². The Morgan fingerprint density at radius 3 is 1.76 bits per heavy atom. The molecule has 0 unspecified atom stereocenters. The van der Waals surface area contributed by atoms with Gasteiger partial charge in [-0.2, -0.15) is 0 Å². The normalized spacial score (nSPS) is 14.2. The van der Waals surface area contributed by atoms with Crippen molar-refractivity contribution in [3.05, 3.63) is 131 Å². The molecule has 1 aliphatic rings. The van der Waals surface area contributed by atoms with Crippen LogP contribution in [0.3, 0.4) is 0 Å². The molecule has 2 heteroatoms. The molecule has 29 heavy (non-hydrogen) atoms. The molecule has 1 aliphatic heterocycles. The van der Waals surface area contributed by atoms with Crippen LogP contribution in [-0.2, 0) is 12.1 Å². The number of aliphatic hydroxyl groups is 1. The monoisotopic (exact) mass is 377 g/mol. The minimum atomic E-state index is -1.19. The minimum absolute atomic E-state index is 0.749. The molecule has 4 aromatic rings. The molecule has 0 atom stereocenters. The van der Waals surface area contributed by atoms with Gasteiger partial charge in [0, 0.05) is 29.0 Å². The molecule has 0 fully saturated rings. The number of para-hydroxylation sites is 2. The van der Waals surface area contributed by atoms with E-state index < -0.39 is 5.60 Å². The number of benzene rings is 4.